The second kappa shape index (κ2) is 9.27. The fraction of sp³-hybridized carbons (Fsp3) is 0.286. The minimum Gasteiger partial charge on any atom is -0.485 e. The highest BCUT2D eigenvalue weighted by atomic mass is 35.5. The van der Waals surface area contributed by atoms with E-state index in [1.54, 1.807) is 54.3 Å². The number of aryl methyl sites for hydroxylation is 1. The predicted molar refractivity (Wildman–Crippen MR) is 116 cm³/mol. The zero-order valence-corrected chi connectivity index (χ0v) is 18.8. The lowest BCUT2D eigenvalue weighted by Crippen LogP contribution is -2.50. The molecule has 0 spiro atoms. The highest BCUT2D eigenvalue weighted by molar-refractivity contribution is 7.89. The average molecular weight is 477 g/mol. The fourth-order valence-corrected chi connectivity index (χ4v) is 5.32. The van der Waals surface area contributed by atoms with Crippen molar-refractivity contribution in [1.82, 2.24) is 19.3 Å². The summed E-state index contributed by atoms with van der Waals surface area (Å²) in [4.78, 5) is 18.9. The third kappa shape index (κ3) is 4.62. The van der Waals surface area contributed by atoms with E-state index in [0.717, 1.165) is 0 Å². The summed E-state index contributed by atoms with van der Waals surface area (Å²) in [6.45, 7) is 2.59. The molecule has 0 N–H and O–H groups in total. The van der Waals surface area contributed by atoms with E-state index in [2.05, 4.69) is 10.1 Å². The summed E-state index contributed by atoms with van der Waals surface area (Å²) in [6, 6.07) is 13.2. The Hall–Kier alpha value is -2.95. The number of amides is 1. The minimum absolute atomic E-state index is 0.0610. The van der Waals surface area contributed by atoms with E-state index < -0.39 is 10.0 Å². The Labute approximate surface area is 190 Å². The molecule has 2 heterocycles. The topological polar surface area (TPSA) is 106 Å². The number of piperazine rings is 1. The number of hydrogen-bond acceptors (Lipinski definition) is 7. The fourth-order valence-electron chi connectivity index (χ4n) is 3.41. The van der Waals surface area contributed by atoms with Crippen molar-refractivity contribution in [2.24, 2.45) is 0 Å². The summed E-state index contributed by atoms with van der Waals surface area (Å²) in [6.07, 6.45) is 0. The van der Waals surface area contributed by atoms with Gasteiger partial charge < -0.3 is 14.2 Å². The molecule has 1 aromatic heterocycles. The molecular weight excluding hydrogens is 456 g/mol. The first kappa shape index (κ1) is 22.3. The van der Waals surface area contributed by atoms with Crippen LogP contribution in [0.15, 0.2) is 57.9 Å². The second-order valence-electron chi connectivity index (χ2n) is 7.14. The molecule has 9 nitrogen and oxygen atoms in total. The molecular formula is C21H21ClN4O5S. The number of hydrogen-bond donors (Lipinski definition) is 0. The molecule has 32 heavy (non-hydrogen) atoms. The number of nitrogens with zero attached hydrogens (tertiary/aromatic N) is 4. The largest absolute Gasteiger partial charge is 0.485 e. The number of para-hydroxylation sites is 1. The third-order valence-electron chi connectivity index (χ3n) is 5.02. The molecule has 2 aromatic carbocycles. The molecule has 0 unspecified atom stereocenters. The van der Waals surface area contributed by atoms with Crippen LogP contribution in [0.5, 0.6) is 5.75 Å². The zero-order chi connectivity index (χ0) is 22.7. The Morgan fingerprint density at radius 1 is 1.09 bits per heavy atom. The molecule has 0 saturated carbocycles. The Kier molecular flexibility index (Phi) is 6.45. The van der Waals surface area contributed by atoms with E-state index in [9.17, 15) is 13.2 Å². The van der Waals surface area contributed by atoms with Gasteiger partial charge in [-0.25, -0.2) is 8.42 Å². The van der Waals surface area contributed by atoms with Crippen molar-refractivity contribution in [3.63, 3.8) is 0 Å². The number of halogens is 1. The van der Waals surface area contributed by atoms with Crippen molar-refractivity contribution < 1.29 is 22.5 Å². The maximum atomic E-state index is 13.1. The van der Waals surface area contributed by atoms with Crippen LogP contribution < -0.4 is 4.74 Å². The highest BCUT2D eigenvalue weighted by Crippen LogP contribution is 2.26. The van der Waals surface area contributed by atoms with Crippen molar-refractivity contribution in [2.45, 2.75) is 18.4 Å². The normalized spacial score (nSPS) is 15.0. The van der Waals surface area contributed by atoms with Crippen LogP contribution in [0.2, 0.25) is 5.02 Å². The summed E-state index contributed by atoms with van der Waals surface area (Å²) in [5.41, 5.74) is 0.384. The summed E-state index contributed by atoms with van der Waals surface area (Å²) in [5, 5.41) is 3.95. The van der Waals surface area contributed by atoms with Gasteiger partial charge in [0.25, 0.3) is 5.91 Å². The van der Waals surface area contributed by atoms with Crippen LogP contribution in [0.3, 0.4) is 0 Å². The highest BCUT2D eigenvalue weighted by Gasteiger charge is 2.32. The van der Waals surface area contributed by atoms with Gasteiger partial charge in [0, 0.05) is 33.1 Å². The molecule has 11 heteroatoms. The van der Waals surface area contributed by atoms with E-state index in [1.807, 2.05) is 0 Å². The van der Waals surface area contributed by atoms with E-state index in [-0.39, 0.29) is 48.6 Å². The van der Waals surface area contributed by atoms with Gasteiger partial charge in [-0.05, 0) is 24.3 Å². The summed E-state index contributed by atoms with van der Waals surface area (Å²) in [5.74, 6) is 0.964. The van der Waals surface area contributed by atoms with E-state index in [4.69, 9.17) is 20.9 Å². The van der Waals surface area contributed by atoms with Crippen molar-refractivity contribution in [3.05, 3.63) is 70.8 Å². The lowest BCUT2D eigenvalue weighted by molar-refractivity contribution is 0.0693. The van der Waals surface area contributed by atoms with Crippen LogP contribution in [0, 0.1) is 6.92 Å². The van der Waals surface area contributed by atoms with E-state index in [0.29, 0.717) is 23.0 Å². The Balaban J connectivity index is 1.43. The molecule has 3 aromatic rings. The molecule has 4 rings (SSSR count). The molecule has 0 radical (unpaired) electrons. The molecule has 1 saturated heterocycles. The second-order valence-corrected chi connectivity index (χ2v) is 9.45. The SMILES string of the molecule is Cc1nc(COc2ccccc2C(=O)N2CCN(S(=O)(=O)c3ccccc3Cl)CC2)no1. The third-order valence-corrected chi connectivity index (χ3v) is 7.42. The first-order valence-electron chi connectivity index (χ1n) is 9.91. The molecule has 0 bridgehead atoms. The van der Waals surface area contributed by atoms with Gasteiger partial charge in [0.2, 0.25) is 21.7 Å². The van der Waals surface area contributed by atoms with Gasteiger partial charge >= 0.3 is 0 Å². The summed E-state index contributed by atoms with van der Waals surface area (Å²) < 4.78 is 37.9. The van der Waals surface area contributed by atoms with E-state index in [1.165, 1.54) is 10.4 Å². The van der Waals surface area contributed by atoms with Gasteiger partial charge in [-0.2, -0.15) is 9.29 Å². The monoisotopic (exact) mass is 476 g/mol. The number of aromatic nitrogens is 2. The van der Waals surface area contributed by atoms with Crippen LogP contribution >= 0.6 is 11.6 Å². The Morgan fingerprint density at radius 3 is 2.47 bits per heavy atom. The van der Waals surface area contributed by atoms with Crippen LogP contribution in [-0.4, -0.2) is 59.8 Å². The first-order chi connectivity index (χ1) is 15.4. The molecule has 1 amide bonds. The van der Waals surface area contributed by atoms with Crippen molar-refractivity contribution in [1.29, 1.82) is 0 Å². The maximum Gasteiger partial charge on any atom is 0.257 e. The molecule has 1 aliphatic heterocycles. The number of sulfonamides is 1. The Morgan fingerprint density at radius 2 is 1.78 bits per heavy atom. The maximum absolute atomic E-state index is 13.1. The quantitative estimate of drug-likeness (QED) is 0.538. The number of carbonyl (C=O) groups excluding carboxylic acids is 1. The van der Waals surface area contributed by atoms with Crippen molar-refractivity contribution in [2.75, 3.05) is 26.2 Å². The standard InChI is InChI=1S/C21H21ClN4O5S/c1-15-23-20(24-31-15)14-30-18-8-4-2-6-16(18)21(27)25-10-12-26(13-11-25)32(28,29)19-9-5-3-7-17(19)22/h2-9H,10-14H2,1H3. The average Bonchev–Trinajstić information content (AvgIpc) is 3.23. The number of benzene rings is 2. The predicted octanol–water partition coefficient (Wildman–Crippen LogP) is 2.76. The lowest BCUT2D eigenvalue weighted by Gasteiger charge is -2.34. The molecule has 0 aliphatic carbocycles. The van der Waals surface area contributed by atoms with Crippen LogP contribution in [-0.2, 0) is 16.6 Å². The van der Waals surface area contributed by atoms with Crippen LogP contribution in [0.4, 0.5) is 0 Å². The smallest absolute Gasteiger partial charge is 0.257 e. The molecule has 0 atom stereocenters. The van der Waals surface area contributed by atoms with Gasteiger partial charge in [0.15, 0.2) is 6.61 Å². The van der Waals surface area contributed by atoms with Crippen LogP contribution in [0.25, 0.3) is 0 Å². The number of ether oxygens (including phenoxy) is 1. The van der Waals surface area contributed by atoms with Gasteiger partial charge in [0.1, 0.15) is 10.6 Å². The zero-order valence-electron chi connectivity index (χ0n) is 17.3. The summed E-state index contributed by atoms with van der Waals surface area (Å²) >= 11 is 6.08. The van der Waals surface area contributed by atoms with Crippen LogP contribution in [0.1, 0.15) is 22.1 Å². The molecule has 1 fully saturated rings. The Bertz CT molecular complexity index is 1220. The van der Waals surface area contributed by atoms with Crippen molar-refractivity contribution in [3.8, 4) is 5.75 Å². The minimum atomic E-state index is -3.74. The number of carbonyl (C=O) groups is 1. The first-order valence-corrected chi connectivity index (χ1v) is 11.7. The van der Waals surface area contributed by atoms with Gasteiger partial charge in [-0.1, -0.05) is 41.0 Å². The van der Waals surface area contributed by atoms with Crippen molar-refractivity contribution >= 4 is 27.5 Å². The van der Waals surface area contributed by atoms with E-state index >= 15 is 0 Å². The van der Waals surface area contributed by atoms with Gasteiger partial charge in [-0.15, -0.1) is 0 Å². The lowest BCUT2D eigenvalue weighted by atomic mass is 10.1. The molecule has 1 aliphatic rings. The van der Waals surface area contributed by atoms with Gasteiger partial charge in [0.05, 0.1) is 10.6 Å². The molecule has 168 valence electrons. The number of rotatable bonds is 6. The summed E-state index contributed by atoms with van der Waals surface area (Å²) in [7, 11) is -3.74. The van der Waals surface area contributed by atoms with Gasteiger partial charge in [-0.3, -0.25) is 4.79 Å².